The van der Waals surface area contributed by atoms with Gasteiger partial charge in [0, 0.05) is 17.1 Å². The van der Waals surface area contributed by atoms with Crippen LogP contribution >= 0.6 is 11.6 Å². The second-order valence-electron chi connectivity index (χ2n) is 6.60. The lowest BCUT2D eigenvalue weighted by Crippen LogP contribution is -2.32. The molecule has 1 saturated heterocycles. The maximum Gasteiger partial charge on any atom is 0.140 e. The summed E-state index contributed by atoms with van der Waals surface area (Å²) in [4.78, 5) is 4.81. The number of rotatable bonds is 1. The molecule has 4 rings (SSSR count). The molecule has 0 spiro atoms. The van der Waals surface area contributed by atoms with Crippen LogP contribution in [0.1, 0.15) is 41.1 Å². The number of nitrogens with one attached hydrogen (secondary N) is 1. The van der Waals surface area contributed by atoms with Crippen LogP contribution in [0.15, 0.2) is 36.5 Å². The monoisotopic (exact) mass is 322 g/mol. The molecular weight excluding hydrogens is 302 g/mol. The van der Waals surface area contributed by atoms with Crippen molar-refractivity contribution in [1.82, 2.24) is 10.3 Å². The summed E-state index contributed by atoms with van der Waals surface area (Å²) < 4.78 is 0. The van der Waals surface area contributed by atoms with Gasteiger partial charge in [0.15, 0.2) is 0 Å². The van der Waals surface area contributed by atoms with Gasteiger partial charge >= 0.3 is 0 Å². The third-order valence-electron chi connectivity index (χ3n) is 5.17. The number of piperidine rings is 1. The Kier molecular flexibility index (Phi) is 4.00. The third kappa shape index (κ3) is 2.73. The Morgan fingerprint density at radius 1 is 1.17 bits per heavy atom. The van der Waals surface area contributed by atoms with Gasteiger partial charge in [-0.3, -0.25) is 4.98 Å². The van der Waals surface area contributed by atoms with Crippen molar-refractivity contribution in [3.63, 3.8) is 0 Å². The van der Waals surface area contributed by atoms with Gasteiger partial charge in [0.05, 0.1) is 5.69 Å². The fourth-order valence-corrected chi connectivity index (χ4v) is 4.25. The van der Waals surface area contributed by atoms with E-state index in [0.29, 0.717) is 11.8 Å². The van der Waals surface area contributed by atoms with Crippen molar-refractivity contribution in [2.45, 2.75) is 18.8 Å². The van der Waals surface area contributed by atoms with Gasteiger partial charge < -0.3 is 5.32 Å². The van der Waals surface area contributed by atoms with Crippen LogP contribution in [0.3, 0.4) is 0 Å². The van der Waals surface area contributed by atoms with Gasteiger partial charge in [-0.1, -0.05) is 35.3 Å². The molecule has 2 nitrogen and oxygen atoms in total. The summed E-state index contributed by atoms with van der Waals surface area (Å²) in [5, 5.41) is 4.28. The Hall–Kier alpha value is -1.58. The molecule has 0 radical (unpaired) electrons. The molecule has 1 aliphatic carbocycles. The van der Waals surface area contributed by atoms with E-state index in [1.165, 1.54) is 40.7 Å². The first-order valence-electron chi connectivity index (χ1n) is 8.38. The highest BCUT2D eigenvalue weighted by Gasteiger charge is 2.32. The Bertz CT molecular complexity index is 766. The molecule has 2 aromatic rings. The minimum atomic E-state index is 0.356. The molecule has 0 amide bonds. The van der Waals surface area contributed by atoms with Gasteiger partial charge in [0.2, 0.25) is 0 Å². The van der Waals surface area contributed by atoms with E-state index < -0.39 is 0 Å². The number of nitrogens with zero attached hydrogens (tertiary/aromatic N) is 1. The Balaban J connectivity index is 1.93. The van der Waals surface area contributed by atoms with Crippen LogP contribution in [0.2, 0.25) is 5.02 Å². The van der Waals surface area contributed by atoms with Crippen molar-refractivity contribution < 1.29 is 0 Å². The largest absolute Gasteiger partial charge is 0.317 e. The predicted octanol–water partition coefficient (Wildman–Crippen LogP) is 3.31. The SMILES string of the molecule is BC1=Cc2cc(Cl)ccc2C(C2CCNCC2)c2ncccc21. The Morgan fingerprint density at radius 2 is 2.00 bits per heavy atom. The van der Waals surface area contributed by atoms with Crippen molar-refractivity contribution >= 4 is 31.0 Å². The molecule has 2 heterocycles. The third-order valence-corrected chi connectivity index (χ3v) is 5.40. The summed E-state index contributed by atoms with van der Waals surface area (Å²) in [6.07, 6.45) is 6.59. The highest BCUT2D eigenvalue weighted by molar-refractivity contribution is 6.45. The van der Waals surface area contributed by atoms with Gasteiger partial charge in [-0.05, 0) is 66.7 Å². The van der Waals surface area contributed by atoms with Crippen LogP contribution < -0.4 is 5.32 Å². The van der Waals surface area contributed by atoms with E-state index >= 15 is 0 Å². The highest BCUT2D eigenvalue weighted by atomic mass is 35.5. The molecule has 0 bridgehead atoms. The van der Waals surface area contributed by atoms with E-state index in [0.717, 1.165) is 18.1 Å². The average molecular weight is 323 g/mol. The fourth-order valence-electron chi connectivity index (χ4n) is 4.07. The number of benzene rings is 1. The lowest BCUT2D eigenvalue weighted by molar-refractivity contribution is 0.339. The van der Waals surface area contributed by atoms with Crippen molar-refractivity contribution in [3.05, 3.63) is 63.9 Å². The number of pyridine rings is 1. The number of hydrogen-bond acceptors (Lipinski definition) is 2. The topological polar surface area (TPSA) is 24.9 Å². The quantitative estimate of drug-likeness (QED) is 0.815. The van der Waals surface area contributed by atoms with Crippen LogP contribution in [0, 0.1) is 5.92 Å². The van der Waals surface area contributed by atoms with E-state index in [2.05, 4.69) is 37.4 Å². The minimum Gasteiger partial charge on any atom is -0.317 e. The Labute approximate surface area is 143 Å². The average Bonchev–Trinajstić information content (AvgIpc) is 2.70. The molecule has 1 N–H and O–H groups in total. The lowest BCUT2D eigenvalue weighted by Gasteiger charge is -2.32. The molecule has 116 valence electrons. The smallest absolute Gasteiger partial charge is 0.140 e. The van der Waals surface area contributed by atoms with Crippen molar-refractivity contribution in [2.24, 2.45) is 5.92 Å². The molecule has 1 atom stereocenters. The zero-order valence-electron chi connectivity index (χ0n) is 13.3. The van der Waals surface area contributed by atoms with E-state index in [1.807, 2.05) is 18.3 Å². The first kappa shape index (κ1) is 15.0. The van der Waals surface area contributed by atoms with Gasteiger partial charge in [0.25, 0.3) is 0 Å². The van der Waals surface area contributed by atoms with Gasteiger partial charge in [-0.25, -0.2) is 0 Å². The molecule has 4 heteroatoms. The first-order chi connectivity index (χ1) is 11.2. The summed E-state index contributed by atoms with van der Waals surface area (Å²) in [7, 11) is 2.18. The van der Waals surface area contributed by atoms with Crippen LogP contribution in [0.5, 0.6) is 0 Å². The van der Waals surface area contributed by atoms with E-state index in [4.69, 9.17) is 16.6 Å². The zero-order valence-corrected chi connectivity index (χ0v) is 14.1. The normalized spacial score (nSPS) is 21.1. The molecule has 1 fully saturated rings. The van der Waals surface area contributed by atoms with Crippen LogP contribution in [0.25, 0.3) is 11.5 Å². The molecule has 1 unspecified atom stereocenters. The second kappa shape index (κ2) is 6.14. The maximum absolute atomic E-state index is 6.27. The van der Waals surface area contributed by atoms with Crippen LogP contribution in [-0.4, -0.2) is 25.9 Å². The number of fused-ring (bicyclic) bond motifs is 2. The molecule has 23 heavy (non-hydrogen) atoms. The highest BCUT2D eigenvalue weighted by Crippen LogP contribution is 2.43. The van der Waals surface area contributed by atoms with Crippen molar-refractivity contribution in [3.8, 4) is 0 Å². The molecule has 1 aromatic heterocycles. The summed E-state index contributed by atoms with van der Waals surface area (Å²) in [5.41, 5.74) is 6.40. The maximum atomic E-state index is 6.27. The first-order valence-corrected chi connectivity index (χ1v) is 8.75. The lowest BCUT2D eigenvalue weighted by atomic mass is 9.76. The molecular formula is C19H20BClN2. The number of aromatic nitrogens is 1. The number of hydrogen-bond donors (Lipinski definition) is 1. The minimum absolute atomic E-state index is 0.356. The summed E-state index contributed by atoms with van der Waals surface area (Å²) in [6.45, 7) is 2.19. The molecule has 0 saturated carbocycles. The van der Waals surface area contributed by atoms with E-state index in [9.17, 15) is 0 Å². The standard InChI is InChI=1S/C19H20BClN2/c20-17-11-13-10-14(21)3-4-15(13)18(12-5-8-22-9-6-12)19-16(17)2-1-7-23-19/h1-4,7,10-12,18,22H,5-6,8-9,20H2. The zero-order chi connectivity index (χ0) is 15.8. The fraction of sp³-hybridized carbons (Fsp3) is 0.316. The van der Waals surface area contributed by atoms with E-state index in [1.54, 1.807) is 0 Å². The molecule has 1 aromatic carbocycles. The van der Waals surface area contributed by atoms with E-state index in [-0.39, 0.29) is 0 Å². The Morgan fingerprint density at radius 3 is 2.83 bits per heavy atom. The summed E-state index contributed by atoms with van der Waals surface area (Å²) >= 11 is 6.27. The van der Waals surface area contributed by atoms with Gasteiger partial charge in [-0.2, -0.15) is 0 Å². The number of halogens is 1. The van der Waals surface area contributed by atoms with Gasteiger partial charge in [0.1, 0.15) is 7.85 Å². The second-order valence-corrected chi connectivity index (χ2v) is 7.04. The summed E-state index contributed by atoms with van der Waals surface area (Å²) in [5.74, 6) is 0.985. The van der Waals surface area contributed by atoms with Crippen molar-refractivity contribution in [1.29, 1.82) is 0 Å². The van der Waals surface area contributed by atoms with Crippen molar-refractivity contribution in [2.75, 3.05) is 13.1 Å². The summed E-state index contributed by atoms with van der Waals surface area (Å²) in [6, 6.07) is 10.6. The van der Waals surface area contributed by atoms with Gasteiger partial charge in [-0.15, -0.1) is 0 Å². The molecule has 1 aliphatic heterocycles. The van der Waals surface area contributed by atoms with Crippen LogP contribution in [-0.2, 0) is 0 Å². The predicted molar refractivity (Wildman–Crippen MR) is 99.5 cm³/mol. The van der Waals surface area contributed by atoms with Crippen LogP contribution in [0.4, 0.5) is 0 Å². The molecule has 2 aliphatic rings.